The first-order valence-corrected chi connectivity index (χ1v) is 11.8. The number of halogens is 3. The van der Waals surface area contributed by atoms with Crippen molar-refractivity contribution in [2.75, 3.05) is 11.1 Å². The van der Waals surface area contributed by atoms with Crippen LogP contribution < -0.4 is 5.32 Å². The molecule has 1 aliphatic carbocycles. The second-order valence-electron chi connectivity index (χ2n) is 7.83. The predicted octanol–water partition coefficient (Wildman–Crippen LogP) is 5.21. The second-order valence-corrected chi connectivity index (χ2v) is 9.86. The number of carbonyl (C=O) groups is 1. The van der Waals surface area contributed by atoms with Crippen LogP contribution in [0.3, 0.4) is 0 Å². The molecule has 0 radical (unpaired) electrons. The highest BCUT2D eigenvalue weighted by Gasteiger charge is 2.33. The molecule has 6 nitrogen and oxygen atoms in total. The van der Waals surface area contributed by atoms with Crippen molar-refractivity contribution in [1.29, 1.82) is 0 Å². The predicted molar refractivity (Wildman–Crippen MR) is 118 cm³/mol. The molecule has 1 aromatic carbocycles. The van der Waals surface area contributed by atoms with E-state index in [0.717, 1.165) is 47.3 Å². The van der Waals surface area contributed by atoms with E-state index in [9.17, 15) is 18.0 Å². The van der Waals surface area contributed by atoms with Gasteiger partial charge in [-0.15, -0.1) is 21.5 Å². The van der Waals surface area contributed by atoms with E-state index in [1.807, 2.05) is 0 Å². The number of carbonyl (C=O) groups excluding carboxylic acids is 1. The van der Waals surface area contributed by atoms with Gasteiger partial charge in [0.2, 0.25) is 5.91 Å². The van der Waals surface area contributed by atoms with Gasteiger partial charge in [-0.2, -0.15) is 13.2 Å². The molecule has 11 heteroatoms. The van der Waals surface area contributed by atoms with Crippen molar-refractivity contribution in [3.63, 3.8) is 0 Å². The van der Waals surface area contributed by atoms with E-state index in [-0.39, 0.29) is 11.4 Å². The van der Waals surface area contributed by atoms with Crippen molar-refractivity contribution in [3.05, 3.63) is 46.6 Å². The van der Waals surface area contributed by atoms with E-state index >= 15 is 0 Å². The topological polar surface area (TPSA) is 72.2 Å². The van der Waals surface area contributed by atoms with Crippen LogP contribution >= 0.6 is 23.1 Å². The molecule has 0 aliphatic heterocycles. The van der Waals surface area contributed by atoms with Crippen molar-refractivity contribution < 1.29 is 18.0 Å². The minimum Gasteiger partial charge on any atom is -0.325 e. The van der Waals surface area contributed by atoms with Gasteiger partial charge in [0.15, 0.2) is 10.8 Å². The second kappa shape index (κ2) is 8.04. The maximum Gasteiger partial charge on any atom is 0.418 e. The average molecular weight is 478 g/mol. The van der Waals surface area contributed by atoms with Gasteiger partial charge in [0.25, 0.3) is 0 Å². The summed E-state index contributed by atoms with van der Waals surface area (Å²) in [4.78, 5) is 19.2. The van der Waals surface area contributed by atoms with Crippen LogP contribution in [-0.2, 0) is 23.8 Å². The van der Waals surface area contributed by atoms with Gasteiger partial charge >= 0.3 is 6.18 Å². The highest BCUT2D eigenvalue weighted by atomic mass is 32.2. The Morgan fingerprint density at radius 2 is 2.12 bits per heavy atom. The lowest BCUT2D eigenvalue weighted by Gasteiger charge is -2.17. The van der Waals surface area contributed by atoms with Gasteiger partial charge in [-0.3, -0.25) is 9.20 Å². The number of fused-ring (bicyclic) bond motifs is 5. The first-order valence-electron chi connectivity index (χ1n) is 10.0. The van der Waals surface area contributed by atoms with Crippen molar-refractivity contribution in [2.45, 2.75) is 37.5 Å². The zero-order chi connectivity index (χ0) is 22.5. The largest absolute Gasteiger partial charge is 0.418 e. The molecule has 0 saturated carbocycles. The van der Waals surface area contributed by atoms with Crippen molar-refractivity contribution in [2.24, 2.45) is 5.92 Å². The number of rotatable bonds is 4. The fourth-order valence-electron chi connectivity index (χ4n) is 3.97. The van der Waals surface area contributed by atoms with Crippen LogP contribution in [0.5, 0.6) is 0 Å². The Morgan fingerprint density at radius 3 is 2.94 bits per heavy atom. The van der Waals surface area contributed by atoms with Gasteiger partial charge in [-0.05, 0) is 42.9 Å². The zero-order valence-corrected chi connectivity index (χ0v) is 18.6. The minimum absolute atomic E-state index is 0.107. The van der Waals surface area contributed by atoms with Gasteiger partial charge in [0.1, 0.15) is 11.2 Å². The number of aryl methyl sites for hydroxylation is 1. The molecule has 0 fully saturated rings. The lowest BCUT2D eigenvalue weighted by molar-refractivity contribution is -0.137. The number of para-hydroxylation sites is 1. The number of nitrogens with one attached hydrogen (secondary N) is 1. The standard InChI is InChI=1S/C21H18F3N5OS2/c1-11-6-7-12-15(8-11)32-19-17(12)18-27-28-20(29(18)10-25-19)31-9-16(30)26-14-5-3-2-4-13(14)21(22,23)24/h2-5,10-11H,6-9H2,1H3,(H,26,30)/t11-/m1/s1. The molecule has 3 heterocycles. The molecule has 1 N–H and O–H groups in total. The van der Waals surface area contributed by atoms with Crippen LogP contribution in [0, 0.1) is 5.92 Å². The maximum absolute atomic E-state index is 13.1. The van der Waals surface area contributed by atoms with E-state index < -0.39 is 17.6 Å². The number of anilines is 1. The summed E-state index contributed by atoms with van der Waals surface area (Å²) < 4.78 is 41.2. The number of amides is 1. The molecule has 0 spiro atoms. The van der Waals surface area contributed by atoms with Gasteiger partial charge < -0.3 is 5.32 Å². The number of thioether (sulfide) groups is 1. The SMILES string of the molecule is C[C@@H]1CCc2c(sc3ncn4c(SCC(=O)Nc5ccccc5C(F)(F)F)nnc4c23)C1. The fourth-order valence-corrected chi connectivity index (χ4v) is 6.02. The smallest absolute Gasteiger partial charge is 0.325 e. The van der Waals surface area contributed by atoms with Crippen LogP contribution in [0.15, 0.2) is 35.7 Å². The third kappa shape index (κ3) is 3.83. The third-order valence-electron chi connectivity index (χ3n) is 5.51. The molecule has 0 unspecified atom stereocenters. The number of hydrogen-bond donors (Lipinski definition) is 1. The van der Waals surface area contributed by atoms with Gasteiger partial charge in [0.05, 0.1) is 22.4 Å². The highest BCUT2D eigenvalue weighted by molar-refractivity contribution is 7.99. The van der Waals surface area contributed by atoms with Crippen LogP contribution in [0.1, 0.15) is 29.3 Å². The van der Waals surface area contributed by atoms with Gasteiger partial charge in [-0.25, -0.2) is 4.98 Å². The molecule has 0 saturated heterocycles. The third-order valence-corrected chi connectivity index (χ3v) is 7.62. The first-order chi connectivity index (χ1) is 15.3. The van der Waals surface area contributed by atoms with Crippen molar-refractivity contribution >= 4 is 50.6 Å². The maximum atomic E-state index is 13.1. The summed E-state index contributed by atoms with van der Waals surface area (Å²) >= 11 is 2.80. The molecule has 5 rings (SSSR count). The lowest BCUT2D eigenvalue weighted by Crippen LogP contribution is -2.18. The molecule has 32 heavy (non-hydrogen) atoms. The number of nitrogens with zero attached hydrogens (tertiary/aromatic N) is 4. The molecular weight excluding hydrogens is 459 g/mol. The molecule has 3 aromatic heterocycles. The van der Waals surface area contributed by atoms with E-state index in [4.69, 9.17) is 0 Å². The monoisotopic (exact) mass is 477 g/mol. The fraction of sp³-hybridized carbons (Fsp3) is 0.333. The Bertz CT molecular complexity index is 1330. The summed E-state index contributed by atoms with van der Waals surface area (Å²) in [6.07, 6.45) is 0.234. The molecule has 1 amide bonds. The number of hydrogen-bond acceptors (Lipinski definition) is 6. The lowest BCUT2D eigenvalue weighted by atomic mass is 9.89. The molecule has 1 atom stereocenters. The van der Waals surface area contributed by atoms with E-state index in [1.165, 1.54) is 28.6 Å². The molecule has 0 bridgehead atoms. The summed E-state index contributed by atoms with van der Waals surface area (Å²) in [5.41, 5.74) is 0.840. The normalized spacial score (nSPS) is 16.4. The Hall–Kier alpha value is -2.66. The summed E-state index contributed by atoms with van der Waals surface area (Å²) in [5, 5.41) is 12.4. The Kier molecular flexibility index (Phi) is 5.32. The van der Waals surface area contributed by atoms with Gasteiger partial charge in [-0.1, -0.05) is 30.8 Å². The van der Waals surface area contributed by atoms with Crippen LogP contribution in [0.2, 0.25) is 0 Å². The quantitative estimate of drug-likeness (QED) is 0.409. The molecule has 1 aliphatic rings. The molecular formula is C21H18F3N5OS2. The first kappa shape index (κ1) is 21.2. The number of aromatic nitrogens is 4. The van der Waals surface area contributed by atoms with Crippen LogP contribution in [-0.4, -0.2) is 31.2 Å². The van der Waals surface area contributed by atoms with Crippen LogP contribution in [0.4, 0.5) is 18.9 Å². The van der Waals surface area contributed by atoms with E-state index in [0.29, 0.717) is 16.7 Å². The zero-order valence-electron chi connectivity index (χ0n) is 16.9. The summed E-state index contributed by atoms with van der Waals surface area (Å²) in [6.45, 7) is 2.25. The molecule has 4 aromatic rings. The average Bonchev–Trinajstić information content (AvgIpc) is 3.32. The van der Waals surface area contributed by atoms with E-state index in [2.05, 4.69) is 27.4 Å². The highest BCUT2D eigenvalue weighted by Crippen LogP contribution is 2.39. The molecule has 166 valence electrons. The Balaban J connectivity index is 1.37. The van der Waals surface area contributed by atoms with Gasteiger partial charge in [0, 0.05) is 4.88 Å². The summed E-state index contributed by atoms with van der Waals surface area (Å²) in [5.74, 6) is -0.0134. The van der Waals surface area contributed by atoms with Crippen molar-refractivity contribution in [3.8, 4) is 0 Å². The Labute approximate surface area is 189 Å². The number of benzene rings is 1. The Morgan fingerprint density at radius 1 is 1.31 bits per heavy atom. The number of alkyl halides is 3. The summed E-state index contributed by atoms with van der Waals surface area (Å²) in [6, 6.07) is 4.91. The summed E-state index contributed by atoms with van der Waals surface area (Å²) in [7, 11) is 0. The van der Waals surface area contributed by atoms with Crippen molar-refractivity contribution in [1.82, 2.24) is 19.6 Å². The minimum atomic E-state index is -4.55. The van der Waals surface area contributed by atoms with Crippen LogP contribution in [0.25, 0.3) is 15.9 Å². The van der Waals surface area contributed by atoms with E-state index in [1.54, 1.807) is 22.1 Å². The number of thiophene rings is 1.